The molecule has 2 unspecified atom stereocenters. The summed E-state index contributed by atoms with van der Waals surface area (Å²) in [5.74, 6) is 2.98. The maximum atomic E-state index is 4.28. The van der Waals surface area contributed by atoms with Gasteiger partial charge in [0.1, 0.15) is 5.82 Å². The van der Waals surface area contributed by atoms with Crippen molar-refractivity contribution in [1.82, 2.24) is 9.97 Å². The van der Waals surface area contributed by atoms with Crippen molar-refractivity contribution >= 4 is 5.82 Å². The molecule has 1 aromatic heterocycles. The molecule has 0 radical (unpaired) electrons. The lowest BCUT2D eigenvalue weighted by Crippen LogP contribution is -2.22. The van der Waals surface area contributed by atoms with E-state index in [1.165, 1.54) is 19.5 Å². The number of aromatic nitrogens is 2. The third kappa shape index (κ3) is 0.891. The molecule has 1 aromatic rings. The summed E-state index contributed by atoms with van der Waals surface area (Å²) in [6, 6.07) is 0. The highest BCUT2D eigenvalue weighted by molar-refractivity contribution is 5.38. The Labute approximate surface area is 71.4 Å². The van der Waals surface area contributed by atoms with Gasteiger partial charge in [0.05, 0.1) is 6.20 Å². The second kappa shape index (κ2) is 2.19. The minimum atomic E-state index is 0.965. The Bertz CT molecular complexity index is 275. The zero-order chi connectivity index (χ0) is 7.97. The monoisotopic (exact) mass is 161 g/mol. The van der Waals surface area contributed by atoms with Crippen LogP contribution >= 0.6 is 0 Å². The zero-order valence-electron chi connectivity index (χ0n) is 6.85. The molecule has 2 atom stereocenters. The van der Waals surface area contributed by atoms with Crippen LogP contribution in [0.5, 0.6) is 0 Å². The molecule has 0 N–H and O–H groups in total. The minimum absolute atomic E-state index is 0.965. The van der Waals surface area contributed by atoms with E-state index in [1.807, 2.05) is 6.20 Å². The van der Waals surface area contributed by atoms with Gasteiger partial charge < -0.3 is 4.90 Å². The highest BCUT2D eigenvalue weighted by atomic mass is 15.2. The van der Waals surface area contributed by atoms with Crippen LogP contribution in [0.3, 0.4) is 0 Å². The Hall–Kier alpha value is -1.12. The van der Waals surface area contributed by atoms with Crippen molar-refractivity contribution in [1.29, 1.82) is 0 Å². The normalized spacial score (nSPS) is 31.8. The Morgan fingerprint density at radius 2 is 2.08 bits per heavy atom. The standard InChI is InChI=1S/C9H11N3/c1-2-11-9(4-10-1)12-5-7-3-8(7)6-12/h1-2,4,7-8H,3,5-6H2. The van der Waals surface area contributed by atoms with Gasteiger partial charge >= 0.3 is 0 Å². The van der Waals surface area contributed by atoms with Crippen molar-refractivity contribution in [2.45, 2.75) is 6.42 Å². The van der Waals surface area contributed by atoms with Gasteiger partial charge in [0.2, 0.25) is 0 Å². The van der Waals surface area contributed by atoms with Crippen molar-refractivity contribution in [2.24, 2.45) is 11.8 Å². The van der Waals surface area contributed by atoms with E-state index in [1.54, 1.807) is 12.4 Å². The van der Waals surface area contributed by atoms with Gasteiger partial charge in [-0.05, 0) is 18.3 Å². The highest BCUT2D eigenvalue weighted by Gasteiger charge is 2.45. The quantitative estimate of drug-likeness (QED) is 0.613. The molecule has 1 saturated heterocycles. The van der Waals surface area contributed by atoms with E-state index in [9.17, 15) is 0 Å². The molecule has 2 fully saturated rings. The molecule has 1 aliphatic heterocycles. The predicted octanol–water partition coefficient (Wildman–Crippen LogP) is 0.933. The number of piperidine rings is 1. The fourth-order valence-electron chi connectivity index (χ4n) is 2.04. The Morgan fingerprint density at radius 1 is 1.25 bits per heavy atom. The van der Waals surface area contributed by atoms with E-state index < -0.39 is 0 Å². The van der Waals surface area contributed by atoms with Gasteiger partial charge in [0.25, 0.3) is 0 Å². The van der Waals surface area contributed by atoms with Crippen LogP contribution in [0.1, 0.15) is 6.42 Å². The minimum Gasteiger partial charge on any atom is -0.355 e. The van der Waals surface area contributed by atoms with Gasteiger partial charge in [-0.2, -0.15) is 0 Å². The summed E-state index contributed by atoms with van der Waals surface area (Å²) in [4.78, 5) is 10.7. The van der Waals surface area contributed by atoms with Crippen LogP contribution in [0.4, 0.5) is 5.82 Å². The van der Waals surface area contributed by atoms with E-state index in [0.717, 1.165) is 17.7 Å². The Balaban J connectivity index is 1.82. The summed E-state index contributed by atoms with van der Waals surface area (Å²) < 4.78 is 0. The number of anilines is 1. The number of nitrogens with zero attached hydrogens (tertiary/aromatic N) is 3. The maximum Gasteiger partial charge on any atom is 0.147 e. The van der Waals surface area contributed by atoms with Crippen LogP contribution in [-0.4, -0.2) is 23.1 Å². The summed E-state index contributed by atoms with van der Waals surface area (Å²) >= 11 is 0. The first kappa shape index (κ1) is 6.40. The van der Waals surface area contributed by atoms with E-state index in [0.29, 0.717) is 0 Å². The number of hydrogen-bond acceptors (Lipinski definition) is 3. The molecule has 2 aliphatic rings. The van der Waals surface area contributed by atoms with E-state index >= 15 is 0 Å². The van der Waals surface area contributed by atoms with E-state index in [2.05, 4.69) is 14.9 Å². The first-order valence-electron chi connectivity index (χ1n) is 4.44. The molecule has 12 heavy (non-hydrogen) atoms. The molecule has 0 spiro atoms. The number of fused-ring (bicyclic) bond motifs is 1. The average Bonchev–Trinajstić information content (AvgIpc) is 2.75. The van der Waals surface area contributed by atoms with Gasteiger partial charge in [0, 0.05) is 25.5 Å². The molecule has 0 bridgehead atoms. The van der Waals surface area contributed by atoms with Crippen LogP contribution in [0.15, 0.2) is 18.6 Å². The van der Waals surface area contributed by atoms with Crippen LogP contribution in [-0.2, 0) is 0 Å². The summed E-state index contributed by atoms with van der Waals surface area (Å²) in [6.45, 7) is 2.40. The van der Waals surface area contributed by atoms with Crippen LogP contribution in [0.2, 0.25) is 0 Å². The molecule has 3 nitrogen and oxygen atoms in total. The first-order valence-corrected chi connectivity index (χ1v) is 4.44. The van der Waals surface area contributed by atoms with Gasteiger partial charge in [0.15, 0.2) is 0 Å². The fourth-order valence-corrected chi connectivity index (χ4v) is 2.04. The van der Waals surface area contributed by atoms with Gasteiger partial charge in [-0.15, -0.1) is 0 Å². The van der Waals surface area contributed by atoms with Gasteiger partial charge in [-0.1, -0.05) is 0 Å². The van der Waals surface area contributed by atoms with Crippen LogP contribution in [0.25, 0.3) is 0 Å². The number of rotatable bonds is 1. The average molecular weight is 161 g/mol. The fraction of sp³-hybridized carbons (Fsp3) is 0.556. The highest BCUT2D eigenvalue weighted by Crippen LogP contribution is 2.45. The lowest BCUT2D eigenvalue weighted by atomic mass is 10.4. The molecule has 3 heteroatoms. The topological polar surface area (TPSA) is 29.0 Å². The Kier molecular flexibility index (Phi) is 1.17. The van der Waals surface area contributed by atoms with Crippen LogP contribution in [0, 0.1) is 11.8 Å². The van der Waals surface area contributed by atoms with Crippen molar-refractivity contribution in [2.75, 3.05) is 18.0 Å². The number of hydrogen-bond donors (Lipinski definition) is 0. The largest absolute Gasteiger partial charge is 0.355 e. The van der Waals surface area contributed by atoms with Gasteiger partial charge in [-0.3, -0.25) is 4.98 Å². The van der Waals surface area contributed by atoms with E-state index in [-0.39, 0.29) is 0 Å². The van der Waals surface area contributed by atoms with E-state index in [4.69, 9.17) is 0 Å². The smallest absolute Gasteiger partial charge is 0.147 e. The van der Waals surface area contributed by atoms with Gasteiger partial charge in [-0.25, -0.2) is 4.98 Å². The van der Waals surface area contributed by atoms with Crippen molar-refractivity contribution in [3.05, 3.63) is 18.6 Å². The lowest BCUT2D eigenvalue weighted by molar-refractivity contribution is 0.801. The molecule has 1 aliphatic carbocycles. The molecule has 2 heterocycles. The summed E-state index contributed by atoms with van der Waals surface area (Å²) in [6.07, 6.45) is 6.78. The van der Waals surface area contributed by atoms with Crippen molar-refractivity contribution < 1.29 is 0 Å². The molecule has 1 saturated carbocycles. The SMILES string of the molecule is c1cnc(N2CC3CC3C2)cn1. The summed E-state index contributed by atoms with van der Waals surface area (Å²) in [7, 11) is 0. The second-order valence-corrected chi connectivity index (χ2v) is 3.72. The molecule has 0 aromatic carbocycles. The molecule has 0 amide bonds. The first-order chi connectivity index (χ1) is 5.93. The van der Waals surface area contributed by atoms with Crippen molar-refractivity contribution in [3.8, 4) is 0 Å². The van der Waals surface area contributed by atoms with Crippen LogP contribution < -0.4 is 4.90 Å². The lowest BCUT2D eigenvalue weighted by Gasteiger charge is -2.17. The molecule has 62 valence electrons. The summed E-state index contributed by atoms with van der Waals surface area (Å²) in [5, 5.41) is 0. The molecule has 3 rings (SSSR count). The second-order valence-electron chi connectivity index (χ2n) is 3.72. The summed E-state index contributed by atoms with van der Waals surface area (Å²) in [5.41, 5.74) is 0. The molecular formula is C9H11N3. The Morgan fingerprint density at radius 3 is 2.75 bits per heavy atom. The molecular weight excluding hydrogens is 150 g/mol. The van der Waals surface area contributed by atoms with Crippen molar-refractivity contribution in [3.63, 3.8) is 0 Å². The predicted molar refractivity (Wildman–Crippen MR) is 45.8 cm³/mol. The third-order valence-corrected chi connectivity index (χ3v) is 2.85. The third-order valence-electron chi connectivity index (χ3n) is 2.85. The zero-order valence-corrected chi connectivity index (χ0v) is 6.85. The maximum absolute atomic E-state index is 4.28.